The smallest absolute Gasteiger partial charge is 0.162 e. The summed E-state index contributed by atoms with van der Waals surface area (Å²) >= 11 is 6.39. The molecule has 0 aliphatic heterocycles. The molecular formula is C21H24ClN3O2. The summed E-state index contributed by atoms with van der Waals surface area (Å²) in [6.45, 7) is 4.81. The van der Waals surface area contributed by atoms with Gasteiger partial charge in [0.15, 0.2) is 11.5 Å². The quantitative estimate of drug-likeness (QED) is 0.640. The van der Waals surface area contributed by atoms with Crippen LogP contribution in [0.2, 0.25) is 5.02 Å². The highest BCUT2D eigenvalue weighted by Gasteiger charge is 2.15. The van der Waals surface area contributed by atoms with Crippen LogP contribution in [0.15, 0.2) is 48.7 Å². The van der Waals surface area contributed by atoms with Gasteiger partial charge in [0.1, 0.15) is 0 Å². The number of nitrogens with one attached hydrogen (secondary N) is 1. The summed E-state index contributed by atoms with van der Waals surface area (Å²) in [4.78, 5) is 0. The van der Waals surface area contributed by atoms with Crippen LogP contribution in [-0.4, -0.2) is 24.0 Å². The maximum Gasteiger partial charge on any atom is 0.162 e. The van der Waals surface area contributed by atoms with Crippen molar-refractivity contribution in [1.29, 1.82) is 0 Å². The molecule has 1 heterocycles. The minimum Gasteiger partial charge on any atom is -0.493 e. The van der Waals surface area contributed by atoms with Crippen LogP contribution in [0.25, 0.3) is 5.69 Å². The molecule has 27 heavy (non-hydrogen) atoms. The van der Waals surface area contributed by atoms with Gasteiger partial charge < -0.3 is 14.8 Å². The maximum absolute atomic E-state index is 6.39. The van der Waals surface area contributed by atoms with E-state index in [4.69, 9.17) is 21.1 Å². The molecule has 6 heteroatoms. The molecular weight excluding hydrogens is 362 g/mol. The van der Waals surface area contributed by atoms with Crippen molar-refractivity contribution >= 4 is 11.6 Å². The summed E-state index contributed by atoms with van der Waals surface area (Å²) in [6, 6.07) is 13.9. The Balaban J connectivity index is 1.75. The number of methoxy groups -OCH3 is 2. The second kappa shape index (κ2) is 8.46. The molecule has 1 N–H and O–H groups in total. The molecule has 5 nitrogen and oxygen atoms in total. The highest BCUT2D eigenvalue weighted by molar-refractivity contribution is 6.31. The Labute approximate surface area is 164 Å². The third-order valence-corrected chi connectivity index (χ3v) is 5.02. The number of ether oxygens (including phenoxy) is 2. The minimum absolute atomic E-state index is 0.117. The average molecular weight is 386 g/mol. The number of hydrogen-bond donors (Lipinski definition) is 1. The predicted octanol–water partition coefficient (Wildman–Crippen LogP) is 4.70. The SMILES string of the molecule is COc1cc(Cl)c(CNC(C)c2cnn(-c3ccccc3)c2C)cc1OC. The van der Waals surface area contributed by atoms with Crippen LogP contribution in [0.4, 0.5) is 0 Å². The standard InChI is InChI=1S/C21H24ClN3O2/c1-14(18-13-24-25(15(18)2)17-8-6-5-7-9-17)23-12-16-10-20(26-3)21(27-4)11-19(16)22/h5-11,13-14,23H,12H2,1-4H3. The zero-order valence-corrected chi connectivity index (χ0v) is 16.7. The van der Waals surface area contributed by atoms with Crippen LogP contribution in [-0.2, 0) is 6.54 Å². The molecule has 1 aromatic heterocycles. The van der Waals surface area contributed by atoms with Crippen LogP contribution in [0.5, 0.6) is 11.5 Å². The van der Waals surface area contributed by atoms with Crippen molar-refractivity contribution in [3.05, 3.63) is 70.5 Å². The van der Waals surface area contributed by atoms with Gasteiger partial charge in [0.2, 0.25) is 0 Å². The first-order chi connectivity index (χ1) is 13.0. The first kappa shape index (κ1) is 19.3. The molecule has 0 radical (unpaired) electrons. The van der Waals surface area contributed by atoms with E-state index in [0.29, 0.717) is 23.1 Å². The summed E-state index contributed by atoms with van der Waals surface area (Å²) in [5, 5.41) is 8.70. The summed E-state index contributed by atoms with van der Waals surface area (Å²) in [6.07, 6.45) is 1.91. The number of rotatable bonds is 7. The Morgan fingerprint density at radius 3 is 2.44 bits per heavy atom. The van der Waals surface area contributed by atoms with Crippen molar-refractivity contribution in [3.63, 3.8) is 0 Å². The Morgan fingerprint density at radius 2 is 1.78 bits per heavy atom. The number of benzene rings is 2. The van der Waals surface area contributed by atoms with Crippen LogP contribution >= 0.6 is 11.6 Å². The second-order valence-corrected chi connectivity index (χ2v) is 6.74. The van der Waals surface area contributed by atoms with E-state index in [1.807, 2.05) is 47.3 Å². The van der Waals surface area contributed by atoms with Gasteiger partial charge in [0, 0.05) is 34.9 Å². The number of nitrogens with zero attached hydrogens (tertiary/aromatic N) is 2. The molecule has 2 aromatic carbocycles. The first-order valence-electron chi connectivity index (χ1n) is 8.79. The van der Waals surface area contributed by atoms with E-state index in [0.717, 1.165) is 22.5 Å². The van der Waals surface area contributed by atoms with E-state index in [2.05, 4.69) is 24.3 Å². The fourth-order valence-electron chi connectivity index (χ4n) is 3.08. The van der Waals surface area contributed by atoms with Crippen molar-refractivity contribution in [2.24, 2.45) is 0 Å². The summed E-state index contributed by atoms with van der Waals surface area (Å²) in [5.41, 5.74) is 4.26. The molecule has 0 spiro atoms. The zero-order valence-electron chi connectivity index (χ0n) is 16.0. The highest BCUT2D eigenvalue weighted by atomic mass is 35.5. The van der Waals surface area contributed by atoms with Gasteiger partial charge in [-0.15, -0.1) is 0 Å². The Kier molecular flexibility index (Phi) is 6.04. The van der Waals surface area contributed by atoms with Gasteiger partial charge in [0.05, 0.1) is 26.1 Å². The van der Waals surface area contributed by atoms with E-state index in [1.165, 1.54) is 0 Å². The van der Waals surface area contributed by atoms with E-state index in [-0.39, 0.29) is 6.04 Å². The maximum atomic E-state index is 6.39. The molecule has 1 atom stereocenters. The first-order valence-corrected chi connectivity index (χ1v) is 9.16. The summed E-state index contributed by atoms with van der Waals surface area (Å²) in [7, 11) is 3.22. The van der Waals surface area contributed by atoms with Gasteiger partial charge in [-0.1, -0.05) is 29.8 Å². The fourth-order valence-corrected chi connectivity index (χ4v) is 3.30. The Bertz CT molecular complexity index is 909. The molecule has 3 aromatic rings. The lowest BCUT2D eigenvalue weighted by Crippen LogP contribution is -2.19. The normalized spacial score (nSPS) is 12.0. The molecule has 0 fully saturated rings. The van der Waals surface area contributed by atoms with Crippen LogP contribution in [0.3, 0.4) is 0 Å². The van der Waals surface area contributed by atoms with Crippen LogP contribution in [0.1, 0.15) is 29.8 Å². The van der Waals surface area contributed by atoms with Gasteiger partial charge >= 0.3 is 0 Å². The number of halogens is 1. The number of hydrogen-bond acceptors (Lipinski definition) is 4. The lowest BCUT2D eigenvalue weighted by molar-refractivity contribution is 0.354. The van der Waals surface area contributed by atoms with Crippen LogP contribution < -0.4 is 14.8 Å². The summed E-state index contributed by atoms with van der Waals surface area (Å²) < 4.78 is 12.6. The van der Waals surface area contributed by atoms with Crippen molar-refractivity contribution in [2.45, 2.75) is 26.4 Å². The van der Waals surface area contributed by atoms with E-state index in [1.54, 1.807) is 20.3 Å². The van der Waals surface area contributed by atoms with Gasteiger partial charge in [-0.2, -0.15) is 5.10 Å². The van der Waals surface area contributed by atoms with Crippen molar-refractivity contribution in [1.82, 2.24) is 15.1 Å². The van der Waals surface area contributed by atoms with Crippen molar-refractivity contribution in [2.75, 3.05) is 14.2 Å². The topological polar surface area (TPSA) is 48.3 Å². The minimum atomic E-state index is 0.117. The monoisotopic (exact) mass is 385 g/mol. The number of aromatic nitrogens is 2. The molecule has 0 saturated heterocycles. The van der Waals surface area contributed by atoms with Gasteiger partial charge in [0.25, 0.3) is 0 Å². The molecule has 142 valence electrons. The average Bonchev–Trinajstić information content (AvgIpc) is 3.08. The second-order valence-electron chi connectivity index (χ2n) is 6.33. The third-order valence-electron chi connectivity index (χ3n) is 4.67. The molecule has 1 unspecified atom stereocenters. The zero-order chi connectivity index (χ0) is 19.4. The van der Waals surface area contributed by atoms with Gasteiger partial charge in [-0.05, 0) is 37.6 Å². The highest BCUT2D eigenvalue weighted by Crippen LogP contribution is 2.33. The number of para-hydroxylation sites is 1. The molecule has 0 amide bonds. The molecule has 0 aliphatic carbocycles. The van der Waals surface area contributed by atoms with Crippen molar-refractivity contribution in [3.8, 4) is 17.2 Å². The van der Waals surface area contributed by atoms with Gasteiger partial charge in [-0.25, -0.2) is 4.68 Å². The summed E-state index contributed by atoms with van der Waals surface area (Å²) in [5.74, 6) is 1.29. The van der Waals surface area contributed by atoms with Gasteiger partial charge in [-0.3, -0.25) is 0 Å². The van der Waals surface area contributed by atoms with E-state index >= 15 is 0 Å². The molecule has 0 bridgehead atoms. The third kappa shape index (κ3) is 4.10. The predicted molar refractivity (Wildman–Crippen MR) is 108 cm³/mol. The fraction of sp³-hybridized carbons (Fsp3) is 0.286. The Hall–Kier alpha value is -2.50. The molecule has 3 rings (SSSR count). The van der Waals surface area contributed by atoms with E-state index < -0.39 is 0 Å². The van der Waals surface area contributed by atoms with E-state index in [9.17, 15) is 0 Å². The van der Waals surface area contributed by atoms with Crippen LogP contribution in [0, 0.1) is 6.92 Å². The lowest BCUT2D eigenvalue weighted by atomic mass is 10.1. The Morgan fingerprint density at radius 1 is 1.11 bits per heavy atom. The molecule has 0 aliphatic rings. The largest absolute Gasteiger partial charge is 0.493 e. The molecule has 0 saturated carbocycles. The van der Waals surface area contributed by atoms with Crippen molar-refractivity contribution < 1.29 is 9.47 Å². The lowest BCUT2D eigenvalue weighted by Gasteiger charge is -2.16.